The smallest absolute Gasteiger partial charge is 0.549 e. The molecule has 2 saturated heterocycles. The summed E-state index contributed by atoms with van der Waals surface area (Å²) in [6.45, 7) is 0. The monoisotopic (exact) mass is 205 g/mol. The topological polar surface area (TPSA) is 77.5 Å². The molecule has 0 aromatic heterocycles. The summed E-state index contributed by atoms with van der Waals surface area (Å²) in [7, 11) is 0. The normalized spacial score (nSPS) is 30.1. The largest absolute Gasteiger partial charge is 1.00 e. The SMILES string of the molecule is O=C([O-])C1CC2CCC(=O)N2C1=O.[Na+]. The molecule has 2 fully saturated rings. The van der Waals surface area contributed by atoms with Gasteiger partial charge in [-0.3, -0.25) is 14.5 Å². The zero-order valence-electron chi connectivity index (χ0n) is 7.86. The van der Waals surface area contributed by atoms with Crippen molar-refractivity contribution in [1.82, 2.24) is 4.90 Å². The Bertz CT molecular complexity index is 304. The van der Waals surface area contributed by atoms with Gasteiger partial charge in [-0.05, 0) is 12.8 Å². The van der Waals surface area contributed by atoms with E-state index in [-0.39, 0.29) is 47.9 Å². The first-order valence-electron chi connectivity index (χ1n) is 4.18. The van der Waals surface area contributed by atoms with Gasteiger partial charge in [0.2, 0.25) is 11.8 Å². The Morgan fingerprint density at radius 3 is 2.57 bits per heavy atom. The minimum absolute atomic E-state index is 0. The molecule has 2 amide bonds. The zero-order chi connectivity index (χ0) is 9.59. The van der Waals surface area contributed by atoms with Crippen molar-refractivity contribution in [3.8, 4) is 0 Å². The number of hydrogen-bond acceptors (Lipinski definition) is 4. The summed E-state index contributed by atoms with van der Waals surface area (Å²) in [5, 5.41) is 10.5. The van der Waals surface area contributed by atoms with Gasteiger partial charge in [-0.1, -0.05) is 0 Å². The summed E-state index contributed by atoms with van der Waals surface area (Å²) in [6.07, 6.45) is 1.18. The molecule has 70 valence electrons. The summed E-state index contributed by atoms with van der Waals surface area (Å²) in [5.74, 6) is -3.31. The van der Waals surface area contributed by atoms with E-state index in [1.165, 1.54) is 0 Å². The number of aliphatic carboxylic acids is 1. The molecule has 0 saturated carbocycles. The van der Waals surface area contributed by atoms with Crippen molar-refractivity contribution >= 4 is 17.8 Å². The third-order valence-corrected chi connectivity index (χ3v) is 2.65. The summed E-state index contributed by atoms with van der Waals surface area (Å²) >= 11 is 0. The van der Waals surface area contributed by atoms with Crippen LogP contribution in [0.5, 0.6) is 0 Å². The average Bonchev–Trinajstić information content (AvgIpc) is 2.55. The first-order valence-corrected chi connectivity index (χ1v) is 4.18. The van der Waals surface area contributed by atoms with Gasteiger partial charge in [0.1, 0.15) is 0 Å². The van der Waals surface area contributed by atoms with Crippen LogP contribution in [0, 0.1) is 5.92 Å². The van der Waals surface area contributed by atoms with Gasteiger partial charge in [0.05, 0.1) is 11.9 Å². The van der Waals surface area contributed by atoms with Crippen molar-refractivity contribution in [2.24, 2.45) is 5.92 Å². The number of amides is 2. The maximum atomic E-state index is 11.3. The molecule has 0 aliphatic carbocycles. The molecule has 2 unspecified atom stereocenters. The van der Waals surface area contributed by atoms with Crippen LogP contribution < -0.4 is 34.7 Å². The Balaban J connectivity index is 0.000000980. The van der Waals surface area contributed by atoms with Crippen LogP contribution in [0.15, 0.2) is 0 Å². The number of carboxylic acids is 1. The van der Waals surface area contributed by atoms with Crippen molar-refractivity contribution in [3.63, 3.8) is 0 Å². The Hall–Kier alpha value is -0.390. The molecule has 14 heavy (non-hydrogen) atoms. The van der Waals surface area contributed by atoms with Gasteiger partial charge in [0.25, 0.3) is 0 Å². The third-order valence-electron chi connectivity index (χ3n) is 2.65. The van der Waals surface area contributed by atoms with Crippen LogP contribution in [-0.4, -0.2) is 28.7 Å². The summed E-state index contributed by atoms with van der Waals surface area (Å²) in [6, 6.07) is -0.192. The fourth-order valence-corrected chi connectivity index (χ4v) is 2.01. The zero-order valence-corrected chi connectivity index (χ0v) is 9.86. The fraction of sp³-hybridized carbons (Fsp3) is 0.625. The molecular formula is C8H8NNaO4. The second-order valence-corrected chi connectivity index (χ2v) is 3.40. The number of nitrogens with zero attached hydrogens (tertiary/aromatic N) is 1. The Morgan fingerprint density at radius 2 is 2.07 bits per heavy atom. The summed E-state index contributed by atoms with van der Waals surface area (Å²) in [5.41, 5.74) is 0. The number of imide groups is 1. The Morgan fingerprint density at radius 1 is 1.43 bits per heavy atom. The van der Waals surface area contributed by atoms with Crippen molar-refractivity contribution < 1.29 is 49.0 Å². The second kappa shape index (κ2) is 4.00. The summed E-state index contributed by atoms with van der Waals surface area (Å²) in [4.78, 5) is 34.0. The molecule has 0 N–H and O–H groups in total. The molecule has 2 rings (SSSR count). The average molecular weight is 205 g/mol. The van der Waals surface area contributed by atoms with Gasteiger partial charge in [0.15, 0.2) is 0 Å². The van der Waals surface area contributed by atoms with E-state index in [0.717, 1.165) is 4.90 Å². The molecule has 2 aliphatic heterocycles. The van der Waals surface area contributed by atoms with E-state index in [4.69, 9.17) is 0 Å². The number of fused-ring (bicyclic) bond motifs is 1. The minimum Gasteiger partial charge on any atom is -0.549 e. The fourth-order valence-electron chi connectivity index (χ4n) is 2.01. The maximum Gasteiger partial charge on any atom is 1.00 e. The van der Waals surface area contributed by atoms with Crippen molar-refractivity contribution in [3.05, 3.63) is 0 Å². The molecule has 2 aliphatic rings. The van der Waals surface area contributed by atoms with Gasteiger partial charge < -0.3 is 9.90 Å². The van der Waals surface area contributed by atoms with Gasteiger partial charge >= 0.3 is 29.6 Å². The molecular weight excluding hydrogens is 197 g/mol. The predicted molar refractivity (Wildman–Crippen MR) is 38.0 cm³/mol. The Kier molecular flexibility index (Phi) is 3.34. The van der Waals surface area contributed by atoms with Gasteiger partial charge in [0, 0.05) is 12.5 Å². The predicted octanol–water partition coefficient (Wildman–Crippen LogP) is -4.72. The second-order valence-electron chi connectivity index (χ2n) is 3.40. The molecule has 0 aromatic carbocycles. The van der Waals surface area contributed by atoms with Crippen LogP contribution >= 0.6 is 0 Å². The van der Waals surface area contributed by atoms with E-state index < -0.39 is 17.8 Å². The number of carboxylic acid groups (broad SMARTS) is 1. The molecule has 0 spiro atoms. The van der Waals surface area contributed by atoms with Gasteiger partial charge in [-0.15, -0.1) is 0 Å². The van der Waals surface area contributed by atoms with E-state index in [0.29, 0.717) is 12.8 Å². The molecule has 2 atom stereocenters. The van der Waals surface area contributed by atoms with E-state index in [1.54, 1.807) is 0 Å². The van der Waals surface area contributed by atoms with Crippen LogP contribution in [-0.2, 0) is 14.4 Å². The van der Waals surface area contributed by atoms with Crippen molar-refractivity contribution in [2.45, 2.75) is 25.3 Å². The molecule has 0 bridgehead atoms. The van der Waals surface area contributed by atoms with Crippen LogP contribution in [0.4, 0.5) is 0 Å². The number of carbonyl (C=O) groups excluding carboxylic acids is 3. The molecule has 5 nitrogen and oxygen atoms in total. The molecule has 6 heteroatoms. The maximum absolute atomic E-state index is 11.3. The summed E-state index contributed by atoms with van der Waals surface area (Å²) < 4.78 is 0. The van der Waals surface area contributed by atoms with E-state index in [9.17, 15) is 19.5 Å². The first kappa shape index (κ1) is 11.7. The molecule has 0 radical (unpaired) electrons. The Labute approximate surface area is 103 Å². The van der Waals surface area contributed by atoms with Crippen molar-refractivity contribution in [2.75, 3.05) is 0 Å². The number of rotatable bonds is 1. The van der Waals surface area contributed by atoms with Crippen LogP contribution in [0.1, 0.15) is 19.3 Å². The first-order chi connectivity index (χ1) is 6.11. The van der Waals surface area contributed by atoms with Crippen LogP contribution in [0.2, 0.25) is 0 Å². The number of hydrogen-bond donors (Lipinski definition) is 0. The van der Waals surface area contributed by atoms with Crippen LogP contribution in [0.25, 0.3) is 0 Å². The van der Waals surface area contributed by atoms with Gasteiger partial charge in [-0.2, -0.15) is 0 Å². The van der Waals surface area contributed by atoms with Crippen molar-refractivity contribution in [1.29, 1.82) is 0 Å². The van der Waals surface area contributed by atoms with Gasteiger partial charge in [-0.25, -0.2) is 0 Å². The third kappa shape index (κ3) is 1.60. The molecule has 2 heterocycles. The number of carbonyl (C=O) groups is 3. The van der Waals surface area contributed by atoms with E-state index >= 15 is 0 Å². The minimum atomic E-state index is -1.37. The standard InChI is InChI=1S/C8H9NO4.Na/c10-6-2-1-4-3-5(8(12)13)7(11)9(4)6;/h4-5H,1-3H2,(H,12,13);/q;+1/p-1. The molecule has 0 aromatic rings. The van der Waals surface area contributed by atoms with E-state index in [2.05, 4.69) is 0 Å². The van der Waals surface area contributed by atoms with E-state index in [1.807, 2.05) is 0 Å². The van der Waals surface area contributed by atoms with Crippen LogP contribution in [0.3, 0.4) is 0 Å². The quantitative estimate of drug-likeness (QED) is 0.245.